The highest BCUT2D eigenvalue weighted by Crippen LogP contribution is 2.37. The monoisotopic (exact) mass is 276 g/mol. The molecule has 3 rings (SSSR count). The highest BCUT2D eigenvalue weighted by atomic mass is 32.2. The summed E-state index contributed by atoms with van der Waals surface area (Å²) < 4.78 is 5.26. The Kier molecular flexibility index (Phi) is 3.80. The van der Waals surface area contributed by atoms with Crippen LogP contribution in [0.2, 0.25) is 0 Å². The molecule has 2 N–H and O–H groups in total. The van der Waals surface area contributed by atoms with Gasteiger partial charge in [-0.25, -0.2) is 0 Å². The minimum absolute atomic E-state index is 0.375. The number of benzene rings is 1. The predicted octanol–water partition coefficient (Wildman–Crippen LogP) is 2.63. The number of rotatable bonds is 3. The summed E-state index contributed by atoms with van der Waals surface area (Å²) in [6.45, 7) is 0. The summed E-state index contributed by atoms with van der Waals surface area (Å²) in [5.41, 5.74) is 7.32. The largest absolute Gasteiger partial charge is 0.497 e. The molecule has 3 atom stereocenters. The molecule has 102 valence electrons. The Labute approximate surface area is 118 Å². The molecular formula is C15H20N2OS. The van der Waals surface area contributed by atoms with Gasteiger partial charge in [-0.1, -0.05) is 12.1 Å². The van der Waals surface area contributed by atoms with Crippen molar-refractivity contribution in [1.82, 2.24) is 0 Å². The number of thioether (sulfide) groups is 1. The molecule has 1 aliphatic carbocycles. The van der Waals surface area contributed by atoms with E-state index in [4.69, 9.17) is 15.5 Å². The number of nitrogens with zero attached hydrogens (tertiary/aromatic N) is 1. The molecule has 1 aromatic rings. The summed E-state index contributed by atoms with van der Waals surface area (Å²) in [6, 6.07) is 9.13. The van der Waals surface area contributed by atoms with Gasteiger partial charge in [-0.2, -0.15) is 0 Å². The zero-order chi connectivity index (χ0) is 13.2. The van der Waals surface area contributed by atoms with Crippen LogP contribution in [0.1, 0.15) is 24.8 Å². The second kappa shape index (κ2) is 5.55. The van der Waals surface area contributed by atoms with E-state index in [1.807, 2.05) is 23.9 Å². The number of aliphatic imine (C=N–C) groups is 1. The Morgan fingerprint density at radius 2 is 2.32 bits per heavy atom. The van der Waals surface area contributed by atoms with Gasteiger partial charge in [-0.05, 0) is 37.0 Å². The second-order valence-corrected chi connectivity index (χ2v) is 6.66. The SMILES string of the molecule is COc1cccc(CC2=NC3CCC(N)CC3S2)c1. The van der Waals surface area contributed by atoms with E-state index in [0.717, 1.165) is 31.4 Å². The Bertz CT molecular complexity index is 489. The third kappa shape index (κ3) is 2.95. The van der Waals surface area contributed by atoms with Crippen LogP contribution in [0.15, 0.2) is 29.3 Å². The van der Waals surface area contributed by atoms with Crippen LogP contribution in [0, 0.1) is 0 Å². The van der Waals surface area contributed by atoms with E-state index in [2.05, 4.69) is 12.1 Å². The summed E-state index contributed by atoms with van der Waals surface area (Å²) >= 11 is 1.94. The maximum absolute atomic E-state index is 6.05. The lowest BCUT2D eigenvalue weighted by atomic mass is 9.92. The van der Waals surface area contributed by atoms with E-state index < -0.39 is 0 Å². The van der Waals surface area contributed by atoms with Crippen molar-refractivity contribution in [3.05, 3.63) is 29.8 Å². The molecule has 0 bridgehead atoms. The topological polar surface area (TPSA) is 47.6 Å². The number of hydrogen-bond acceptors (Lipinski definition) is 4. The first-order valence-corrected chi connectivity index (χ1v) is 7.74. The number of ether oxygens (including phenoxy) is 1. The Hall–Kier alpha value is -1.00. The Morgan fingerprint density at radius 3 is 3.16 bits per heavy atom. The summed E-state index contributed by atoms with van der Waals surface area (Å²) in [5.74, 6) is 0.917. The summed E-state index contributed by atoms with van der Waals surface area (Å²) in [4.78, 5) is 4.88. The van der Waals surface area contributed by atoms with Gasteiger partial charge in [0, 0.05) is 17.7 Å². The minimum atomic E-state index is 0.375. The van der Waals surface area contributed by atoms with Crippen molar-refractivity contribution >= 4 is 16.8 Å². The first-order chi connectivity index (χ1) is 9.24. The van der Waals surface area contributed by atoms with Gasteiger partial charge >= 0.3 is 0 Å². The fraction of sp³-hybridized carbons (Fsp3) is 0.533. The van der Waals surface area contributed by atoms with Crippen LogP contribution in [-0.4, -0.2) is 29.5 Å². The Balaban J connectivity index is 1.67. The maximum atomic E-state index is 6.05. The number of hydrogen-bond donors (Lipinski definition) is 1. The molecule has 0 radical (unpaired) electrons. The quantitative estimate of drug-likeness (QED) is 0.923. The molecule has 3 nitrogen and oxygen atoms in total. The summed E-state index contributed by atoms with van der Waals surface area (Å²) in [5, 5.41) is 1.88. The molecule has 4 heteroatoms. The van der Waals surface area contributed by atoms with Gasteiger partial charge in [-0.15, -0.1) is 11.8 Å². The van der Waals surface area contributed by atoms with Crippen molar-refractivity contribution in [2.75, 3.05) is 7.11 Å². The van der Waals surface area contributed by atoms with Crippen LogP contribution in [0.4, 0.5) is 0 Å². The molecule has 1 aromatic carbocycles. The molecule has 0 spiro atoms. The molecule has 1 aliphatic heterocycles. The molecule has 3 unspecified atom stereocenters. The normalized spacial score (nSPS) is 29.8. The van der Waals surface area contributed by atoms with Crippen molar-refractivity contribution in [1.29, 1.82) is 0 Å². The molecule has 0 amide bonds. The zero-order valence-electron chi connectivity index (χ0n) is 11.2. The van der Waals surface area contributed by atoms with Gasteiger partial charge in [0.15, 0.2) is 0 Å². The van der Waals surface area contributed by atoms with Crippen LogP contribution < -0.4 is 10.5 Å². The average Bonchev–Trinajstić information content (AvgIpc) is 2.80. The fourth-order valence-electron chi connectivity index (χ4n) is 2.85. The maximum Gasteiger partial charge on any atom is 0.119 e. The highest BCUT2D eigenvalue weighted by molar-refractivity contribution is 8.14. The molecule has 1 saturated carbocycles. The smallest absolute Gasteiger partial charge is 0.119 e. The van der Waals surface area contributed by atoms with Crippen LogP contribution in [0.5, 0.6) is 5.75 Å². The summed E-state index contributed by atoms with van der Waals surface area (Å²) in [6.07, 6.45) is 4.31. The average molecular weight is 276 g/mol. The fourth-order valence-corrected chi connectivity index (χ4v) is 4.35. The van der Waals surface area contributed by atoms with Crippen molar-refractivity contribution in [2.45, 2.75) is 43.0 Å². The standard InChI is InChI=1S/C15H20N2OS/c1-18-12-4-2-3-10(7-12)8-15-17-13-6-5-11(16)9-14(13)19-15/h2-4,7,11,13-14H,5-6,8-9,16H2,1H3. The van der Waals surface area contributed by atoms with Crippen molar-refractivity contribution in [3.63, 3.8) is 0 Å². The minimum Gasteiger partial charge on any atom is -0.497 e. The number of fused-ring (bicyclic) bond motifs is 1. The Morgan fingerprint density at radius 1 is 1.42 bits per heavy atom. The van der Waals surface area contributed by atoms with E-state index in [0.29, 0.717) is 17.3 Å². The van der Waals surface area contributed by atoms with Crippen LogP contribution >= 0.6 is 11.8 Å². The van der Waals surface area contributed by atoms with Crippen LogP contribution in [-0.2, 0) is 6.42 Å². The first-order valence-electron chi connectivity index (χ1n) is 6.86. The third-order valence-electron chi connectivity index (χ3n) is 3.88. The molecule has 19 heavy (non-hydrogen) atoms. The predicted molar refractivity (Wildman–Crippen MR) is 81.1 cm³/mol. The van der Waals surface area contributed by atoms with Crippen LogP contribution in [0.25, 0.3) is 0 Å². The van der Waals surface area contributed by atoms with Crippen molar-refractivity contribution in [3.8, 4) is 5.75 Å². The lowest BCUT2D eigenvalue weighted by Gasteiger charge is -2.27. The van der Waals surface area contributed by atoms with Gasteiger partial charge in [0.2, 0.25) is 0 Å². The van der Waals surface area contributed by atoms with Gasteiger partial charge in [0.25, 0.3) is 0 Å². The van der Waals surface area contributed by atoms with Gasteiger partial charge in [-0.3, -0.25) is 4.99 Å². The van der Waals surface area contributed by atoms with Crippen molar-refractivity contribution in [2.24, 2.45) is 10.7 Å². The highest BCUT2D eigenvalue weighted by Gasteiger charge is 2.34. The molecule has 1 heterocycles. The molecule has 0 saturated heterocycles. The van der Waals surface area contributed by atoms with Gasteiger partial charge in [0.05, 0.1) is 18.2 Å². The molecule has 1 fully saturated rings. The summed E-state index contributed by atoms with van der Waals surface area (Å²) in [7, 11) is 1.71. The lowest BCUT2D eigenvalue weighted by molar-refractivity contribution is 0.411. The van der Waals surface area contributed by atoms with E-state index in [-0.39, 0.29) is 0 Å². The molecular weight excluding hydrogens is 256 g/mol. The van der Waals surface area contributed by atoms with E-state index in [1.54, 1.807) is 7.11 Å². The third-order valence-corrected chi connectivity index (χ3v) is 5.22. The zero-order valence-corrected chi connectivity index (χ0v) is 12.0. The lowest BCUT2D eigenvalue weighted by Crippen LogP contribution is -2.35. The molecule has 0 aromatic heterocycles. The molecule has 2 aliphatic rings. The second-order valence-electron chi connectivity index (χ2n) is 5.35. The van der Waals surface area contributed by atoms with Crippen molar-refractivity contribution < 1.29 is 4.74 Å². The van der Waals surface area contributed by atoms with E-state index in [1.165, 1.54) is 10.6 Å². The number of methoxy groups -OCH3 is 1. The first kappa shape index (κ1) is 13.0. The van der Waals surface area contributed by atoms with Gasteiger partial charge in [0.1, 0.15) is 5.75 Å². The van der Waals surface area contributed by atoms with Crippen LogP contribution in [0.3, 0.4) is 0 Å². The van der Waals surface area contributed by atoms with E-state index >= 15 is 0 Å². The van der Waals surface area contributed by atoms with Gasteiger partial charge < -0.3 is 10.5 Å². The number of nitrogens with two attached hydrogens (primary N) is 1. The van der Waals surface area contributed by atoms with E-state index in [9.17, 15) is 0 Å².